The van der Waals surface area contributed by atoms with Crippen LogP contribution in [0.1, 0.15) is 33.2 Å². The van der Waals surface area contributed by atoms with Crippen molar-refractivity contribution in [2.75, 3.05) is 13.7 Å². The molecule has 0 radical (unpaired) electrons. The van der Waals surface area contributed by atoms with Gasteiger partial charge in [0.2, 0.25) is 0 Å². The first-order valence-corrected chi connectivity index (χ1v) is 11.2. The number of para-hydroxylation sites is 1. The smallest absolute Gasteiger partial charge is 0.347 e. The number of hydrogen-bond donors (Lipinski definition) is 2. The summed E-state index contributed by atoms with van der Waals surface area (Å²) in [5, 5.41) is 15.9. The second-order valence-electron chi connectivity index (χ2n) is 7.64. The molecule has 0 fully saturated rings. The Morgan fingerprint density at radius 3 is 2.36 bits per heavy atom. The molecule has 4 rings (SSSR count). The highest BCUT2D eigenvalue weighted by Crippen LogP contribution is 2.30. The van der Waals surface area contributed by atoms with Crippen LogP contribution in [0.4, 0.5) is 0 Å². The predicted molar refractivity (Wildman–Crippen MR) is 136 cm³/mol. The molecule has 8 nitrogen and oxygen atoms in total. The van der Waals surface area contributed by atoms with Crippen molar-refractivity contribution in [3.63, 3.8) is 0 Å². The minimum absolute atomic E-state index is 0.111. The molecule has 36 heavy (non-hydrogen) atoms. The number of amides is 1. The van der Waals surface area contributed by atoms with Gasteiger partial charge < -0.3 is 19.3 Å². The van der Waals surface area contributed by atoms with Crippen LogP contribution in [0.3, 0.4) is 0 Å². The van der Waals surface area contributed by atoms with Crippen molar-refractivity contribution in [1.82, 2.24) is 5.43 Å². The van der Waals surface area contributed by atoms with Crippen LogP contribution >= 0.6 is 0 Å². The summed E-state index contributed by atoms with van der Waals surface area (Å²) in [4.78, 5) is 25.2. The molecule has 0 aromatic heterocycles. The molecule has 0 aliphatic rings. The third-order valence-electron chi connectivity index (χ3n) is 5.29. The minimum atomic E-state index is -0.586. The molecule has 0 aliphatic carbocycles. The van der Waals surface area contributed by atoms with Gasteiger partial charge in [0.1, 0.15) is 17.1 Å². The third-order valence-corrected chi connectivity index (χ3v) is 5.29. The summed E-state index contributed by atoms with van der Waals surface area (Å²) in [5.74, 6) is -0.309. The van der Waals surface area contributed by atoms with Gasteiger partial charge in [-0.3, -0.25) is 4.79 Å². The van der Waals surface area contributed by atoms with Gasteiger partial charge in [0.05, 0.1) is 25.5 Å². The molecule has 0 bridgehead atoms. The summed E-state index contributed by atoms with van der Waals surface area (Å²) in [5.41, 5.74) is 3.41. The molecular weight excluding hydrogens is 460 g/mol. The largest absolute Gasteiger partial charge is 0.507 e. The topological polar surface area (TPSA) is 106 Å². The van der Waals surface area contributed by atoms with E-state index in [1.807, 2.05) is 31.2 Å². The zero-order valence-corrected chi connectivity index (χ0v) is 19.7. The average Bonchev–Trinajstić information content (AvgIpc) is 2.89. The Bertz CT molecular complexity index is 1450. The Balaban J connectivity index is 1.48. The minimum Gasteiger partial charge on any atom is -0.507 e. The number of nitrogens with zero attached hydrogens (tertiary/aromatic N) is 1. The van der Waals surface area contributed by atoms with Crippen molar-refractivity contribution < 1.29 is 28.9 Å². The highest BCUT2D eigenvalue weighted by Gasteiger charge is 2.17. The number of ether oxygens (including phenoxy) is 3. The molecule has 2 N–H and O–H groups in total. The monoisotopic (exact) mass is 484 g/mol. The lowest BCUT2D eigenvalue weighted by Gasteiger charge is -2.12. The Labute approximate surface area is 207 Å². The number of phenols is 1. The molecule has 0 heterocycles. The summed E-state index contributed by atoms with van der Waals surface area (Å²) in [6, 6.07) is 22.2. The van der Waals surface area contributed by atoms with Crippen LogP contribution in [0, 0.1) is 0 Å². The maximum absolute atomic E-state index is 12.7. The lowest BCUT2D eigenvalue weighted by Crippen LogP contribution is -2.17. The van der Waals surface area contributed by atoms with Crippen molar-refractivity contribution in [2.45, 2.75) is 6.92 Å². The zero-order chi connectivity index (χ0) is 25.5. The lowest BCUT2D eigenvalue weighted by molar-refractivity contribution is 0.0724. The van der Waals surface area contributed by atoms with Gasteiger partial charge in [-0.15, -0.1) is 0 Å². The van der Waals surface area contributed by atoms with Crippen molar-refractivity contribution in [2.24, 2.45) is 5.10 Å². The first-order valence-electron chi connectivity index (χ1n) is 11.2. The number of methoxy groups -OCH3 is 1. The van der Waals surface area contributed by atoms with Crippen LogP contribution in [-0.4, -0.2) is 36.9 Å². The Morgan fingerprint density at radius 2 is 1.61 bits per heavy atom. The van der Waals surface area contributed by atoms with Gasteiger partial charge >= 0.3 is 5.97 Å². The number of phenolic OH excluding ortho intramolecular Hbond substituents is 1. The van der Waals surface area contributed by atoms with Gasteiger partial charge in [-0.1, -0.05) is 36.4 Å². The quantitative estimate of drug-likeness (QED) is 0.159. The van der Waals surface area contributed by atoms with E-state index in [9.17, 15) is 14.7 Å². The molecule has 182 valence electrons. The number of carbonyl (C=O) groups excluding carboxylic acids is 2. The molecule has 0 spiro atoms. The summed E-state index contributed by atoms with van der Waals surface area (Å²) in [7, 11) is 1.48. The first-order chi connectivity index (χ1) is 17.5. The number of fused-ring (bicyclic) bond motifs is 1. The number of benzene rings is 4. The lowest BCUT2D eigenvalue weighted by atomic mass is 10.1. The molecule has 8 heteroatoms. The van der Waals surface area contributed by atoms with E-state index in [0.717, 1.165) is 10.8 Å². The fraction of sp³-hybridized carbons (Fsp3) is 0.107. The second-order valence-corrected chi connectivity index (χ2v) is 7.64. The molecule has 4 aromatic carbocycles. The zero-order valence-electron chi connectivity index (χ0n) is 19.7. The molecule has 0 saturated carbocycles. The first kappa shape index (κ1) is 24.3. The van der Waals surface area contributed by atoms with E-state index in [1.54, 1.807) is 48.5 Å². The van der Waals surface area contributed by atoms with E-state index < -0.39 is 11.9 Å². The number of hydrogen-bond acceptors (Lipinski definition) is 7. The van der Waals surface area contributed by atoms with E-state index in [-0.39, 0.29) is 22.6 Å². The van der Waals surface area contributed by atoms with E-state index >= 15 is 0 Å². The summed E-state index contributed by atoms with van der Waals surface area (Å²) in [6.45, 7) is 2.15. The molecule has 0 atom stereocenters. The molecule has 0 aliphatic heterocycles. The summed E-state index contributed by atoms with van der Waals surface area (Å²) in [6.07, 6.45) is 1.42. The van der Waals surface area contributed by atoms with Crippen LogP contribution in [0.5, 0.6) is 23.0 Å². The highest BCUT2D eigenvalue weighted by molar-refractivity contribution is 6.01. The fourth-order valence-electron chi connectivity index (χ4n) is 3.56. The number of carbonyl (C=O) groups is 2. The van der Waals surface area contributed by atoms with Gasteiger partial charge in [0.15, 0.2) is 11.5 Å². The van der Waals surface area contributed by atoms with Crippen LogP contribution in [-0.2, 0) is 0 Å². The fourth-order valence-corrected chi connectivity index (χ4v) is 3.56. The predicted octanol–water partition coefficient (Wildman–Crippen LogP) is 4.94. The molecule has 0 unspecified atom stereocenters. The van der Waals surface area contributed by atoms with E-state index in [2.05, 4.69) is 10.5 Å². The maximum Gasteiger partial charge on any atom is 0.347 e. The van der Waals surface area contributed by atoms with Crippen LogP contribution in [0.25, 0.3) is 10.8 Å². The van der Waals surface area contributed by atoms with Crippen LogP contribution in [0.15, 0.2) is 84.0 Å². The van der Waals surface area contributed by atoms with E-state index in [4.69, 9.17) is 14.2 Å². The molecule has 4 aromatic rings. The van der Waals surface area contributed by atoms with Gasteiger partial charge in [-0.2, -0.15) is 5.10 Å². The van der Waals surface area contributed by atoms with Gasteiger partial charge in [0, 0.05) is 0 Å². The normalized spacial score (nSPS) is 10.8. The van der Waals surface area contributed by atoms with Crippen molar-refractivity contribution in [1.29, 1.82) is 0 Å². The number of aromatic hydroxyl groups is 1. The Hall–Kier alpha value is -4.85. The number of rotatable bonds is 8. The van der Waals surface area contributed by atoms with E-state index in [1.165, 1.54) is 19.4 Å². The van der Waals surface area contributed by atoms with Gasteiger partial charge in [-0.05, 0) is 65.7 Å². The maximum atomic E-state index is 12.7. The second kappa shape index (κ2) is 11.1. The summed E-state index contributed by atoms with van der Waals surface area (Å²) < 4.78 is 16.4. The number of nitrogens with one attached hydrogen (secondary N) is 1. The van der Waals surface area contributed by atoms with Crippen LogP contribution in [0.2, 0.25) is 0 Å². The van der Waals surface area contributed by atoms with Crippen molar-refractivity contribution in [3.8, 4) is 23.0 Å². The molecular formula is C28H24N2O6. The summed E-state index contributed by atoms with van der Waals surface area (Å²) >= 11 is 0. The van der Waals surface area contributed by atoms with E-state index in [0.29, 0.717) is 23.7 Å². The van der Waals surface area contributed by atoms with Crippen LogP contribution < -0.4 is 19.6 Å². The standard InChI is InChI=1S/C28H24N2O6/c1-3-35-26-14-18(12-13-25(26)36-28(33)21-10-6-7-11-24(21)34-2)17-29-30-27(32)22-15-19-8-4-5-9-20(19)16-23(22)31/h4-17,31H,3H2,1-2H3,(H,30,32)/b29-17-. The van der Waals surface area contributed by atoms with Crippen molar-refractivity contribution >= 4 is 28.9 Å². The number of esters is 1. The molecule has 0 saturated heterocycles. The van der Waals surface area contributed by atoms with Crippen molar-refractivity contribution in [3.05, 3.63) is 95.6 Å². The van der Waals surface area contributed by atoms with Gasteiger partial charge in [-0.25, -0.2) is 10.2 Å². The number of hydrazone groups is 1. The third kappa shape index (κ3) is 5.44. The SMILES string of the molecule is CCOc1cc(/C=N\NC(=O)c2cc3ccccc3cc2O)ccc1OC(=O)c1ccccc1OC. The van der Waals surface area contributed by atoms with Gasteiger partial charge in [0.25, 0.3) is 5.91 Å². The average molecular weight is 485 g/mol. The Kier molecular flexibility index (Phi) is 7.45. The highest BCUT2D eigenvalue weighted by atomic mass is 16.6. The molecule has 1 amide bonds. The Morgan fingerprint density at radius 1 is 0.889 bits per heavy atom.